The van der Waals surface area contributed by atoms with Crippen molar-refractivity contribution in [2.75, 3.05) is 5.32 Å². The number of aromatic nitrogens is 2. The fourth-order valence-electron chi connectivity index (χ4n) is 2.94. The van der Waals surface area contributed by atoms with E-state index in [0.717, 1.165) is 29.1 Å². The van der Waals surface area contributed by atoms with Gasteiger partial charge in [-0.2, -0.15) is 5.10 Å². The van der Waals surface area contributed by atoms with Crippen LogP contribution in [0.4, 0.5) is 5.69 Å². The van der Waals surface area contributed by atoms with Crippen LogP contribution in [0.5, 0.6) is 5.75 Å². The molecule has 1 unspecified atom stereocenters. The van der Waals surface area contributed by atoms with Crippen LogP contribution in [0.25, 0.3) is 0 Å². The summed E-state index contributed by atoms with van der Waals surface area (Å²) in [6.07, 6.45) is 0. The minimum absolute atomic E-state index is 0.145. The van der Waals surface area contributed by atoms with Crippen LogP contribution >= 0.6 is 0 Å². The second-order valence-corrected chi connectivity index (χ2v) is 5.67. The molecule has 0 fully saturated rings. The Morgan fingerprint density at radius 1 is 1.24 bits per heavy atom. The van der Waals surface area contributed by atoms with Gasteiger partial charge in [-0.3, -0.25) is 4.68 Å². The molecule has 0 amide bonds. The Hall–Kier alpha value is -1.97. The van der Waals surface area contributed by atoms with Crippen molar-refractivity contribution < 1.29 is 5.11 Å². The predicted octanol–water partition coefficient (Wildman–Crippen LogP) is 4.02. The van der Waals surface area contributed by atoms with E-state index in [2.05, 4.69) is 31.2 Å². The summed E-state index contributed by atoms with van der Waals surface area (Å²) in [5, 5.41) is 18.1. The number of benzene rings is 1. The van der Waals surface area contributed by atoms with Crippen LogP contribution in [-0.2, 0) is 6.54 Å². The van der Waals surface area contributed by atoms with Gasteiger partial charge in [-0.25, -0.2) is 0 Å². The zero-order valence-electron chi connectivity index (χ0n) is 13.8. The van der Waals surface area contributed by atoms with Gasteiger partial charge in [-0.15, -0.1) is 0 Å². The molecular formula is C17H25N3O. The van der Waals surface area contributed by atoms with Crippen molar-refractivity contribution >= 4 is 5.69 Å². The van der Waals surface area contributed by atoms with Crippen molar-refractivity contribution in [2.24, 2.45) is 0 Å². The molecule has 1 aromatic heterocycles. The number of aryl methyl sites for hydroxylation is 3. The Kier molecular flexibility index (Phi) is 4.26. The van der Waals surface area contributed by atoms with Gasteiger partial charge in [0, 0.05) is 29.1 Å². The monoisotopic (exact) mass is 287 g/mol. The summed E-state index contributed by atoms with van der Waals surface area (Å²) in [5.41, 5.74) is 6.24. The summed E-state index contributed by atoms with van der Waals surface area (Å²) in [6.45, 7) is 13.1. The second kappa shape index (κ2) is 5.80. The van der Waals surface area contributed by atoms with E-state index in [1.54, 1.807) is 0 Å². The zero-order chi connectivity index (χ0) is 15.7. The Balaban J connectivity index is 2.33. The Bertz CT molecular complexity index is 659. The Morgan fingerprint density at radius 3 is 2.48 bits per heavy atom. The smallest absolute Gasteiger partial charge is 0.123 e. The molecule has 21 heavy (non-hydrogen) atoms. The van der Waals surface area contributed by atoms with Crippen LogP contribution in [-0.4, -0.2) is 14.9 Å². The van der Waals surface area contributed by atoms with E-state index in [-0.39, 0.29) is 6.04 Å². The Morgan fingerprint density at radius 2 is 1.90 bits per heavy atom. The molecule has 0 aliphatic rings. The maximum atomic E-state index is 10.1. The fraction of sp³-hybridized carbons (Fsp3) is 0.471. The minimum Gasteiger partial charge on any atom is -0.507 e. The van der Waals surface area contributed by atoms with E-state index in [0.29, 0.717) is 5.75 Å². The van der Waals surface area contributed by atoms with Crippen molar-refractivity contribution in [2.45, 2.75) is 54.1 Å². The number of nitrogens with zero attached hydrogens (tertiary/aromatic N) is 2. The van der Waals surface area contributed by atoms with Gasteiger partial charge < -0.3 is 10.4 Å². The molecule has 0 saturated carbocycles. The minimum atomic E-state index is 0.145. The van der Waals surface area contributed by atoms with Crippen LogP contribution in [0.2, 0.25) is 0 Å². The molecule has 114 valence electrons. The lowest BCUT2D eigenvalue weighted by Crippen LogP contribution is -2.10. The molecular weight excluding hydrogens is 262 g/mol. The third-order valence-electron chi connectivity index (χ3n) is 4.17. The zero-order valence-corrected chi connectivity index (χ0v) is 13.8. The molecule has 2 aromatic rings. The number of phenols is 1. The quantitative estimate of drug-likeness (QED) is 0.893. The van der Waals surface area contributed by atoms with E-state index >= 15 is 0 Å². The summed E-state index contributed by atoms with van der Waals surface area (Å²) in [5.74, 6) is 0.366. The second-order valence-electron chi connectivity index (χ2n) is 5.67. The van der Waals surface area contributed by atoms with E-state index in [1.165, 1.54) is 11.3 Å². The molecule has 2 N–H and O–H groups in total. The number of anilines is 1. The third-order valence-corrected chi connectivity index (χ3v) is 4.17. The first-order valence-corrected chi connectivity index (χ1v) is 7.46. The molecule has 0 bridgehead atoms. The number of phenolic OH excluding ortho intramolecular Hbond substituents is 1. The molecule has 0 aliphatic carbocycles. The number of aromatic hydroxyl groups is 1. The van der Waals surface area contributed by atoms with E-state index in [9.17, 15) is 5.11 Å². The van der Waals surface area contributed by atoms with Gasteiger partial charge in [0.15, 0.2) is 0 Å². The maximum Gasteiger partial charge on any atom is 0.123 e. The number of nitrogens with one attached hydrogen (secondary N) is 1. The van der Waals surface area contributed by atoms with Crippen LogP contribution in [0.3, 0.4) is 0 Å². The van der Waals surface area contributed by atoms with Gasteiger partial charge in [0.1, 0.15) is 5.75 Å². The van der Waals surface area contributed by atoms with E-state index < -0.39 is 0 Å². The number of hydrogen-bond donors (Lipinski definition) is 2. The van der Waals surface area contributed by atoms with Gasteiger partial charge in [-0.05, 0) is 53.2 Å². The van der Waals surface area contributed by atoms with E-state index in [4.69, 9.17) is 0 Å². The molecule has 0 aliphatic heterocycles. The highest BCUT2D eigenvalue weighted by molar-refractivity contribution is 5.60. The number of hydrogen-bond acceptors (Lipinski definition) is 3. The van der Waals surface area contributed by atoms with E-state index in [1.807, 2.05) is 37.6 Å². The average Bonchev–Trinajstić information content (AvgIpc) is 2.74. The fourth-order valence-corrected chi connectivity index (χ4v) is 2.94. The highest BCUT2D eigenvalue weighted by atomic mass is 16.3. The summed E-state index contributed by atoms with van der Waals surface area (Å²) in [4.78, 5) is 0. The lowest BCUT2D eigenvalue weighted by molar-refractivity contribution is 0.467. The molecule has 4 nitrogen and oxygen atoms in total. The summed E-state index contributed by atoms with van der Waals surface area (Å²) in [7, 11) is 0. The molecule has 0 saturated heterocycles. The lowest BCUT2D eigenvalue weighted by Gasteiger charge is -2.19. The SMILES string of the molecule is CCn1nc(C)c(C(C)Nc2ccc(C)c(O)c2C)c1C. The molecule has 2 rings (SSSR count). The van der Waals surface area contributed by atoms with Gasteiger partial charge >= 0.3 is 0 Å². The van der Waals surface area contributed by atoms with Gasteiger partial charge in [0.05, 0.1) is 11.7 Å². The van der Waals surface area contributed by atoms with Crippen molar-refractivity contribution in [3.05, 3.63) is 40.2 Å². The summed E-state index contributed by atoms with van der Waals surface area (Å²) < 4.78 is 2.03. The predicted molar refractivity (Wildman–Crippen MR) is 87.0 cm³/mol. The first kappa shape index (κ1) is 15.4. The summed E-state index contributed by atoms with van der Waals surface area (Å²) in [6, 6.07) is 4.11. The van der Waals surface area contributed by atoms with Crippen molar-refractivity contribution in [1.29, 1.82) is 0 Å². The molecule has 0 spiro atoms. The largest absolute Gasteiger partial charge is 0.507 e. The molecule has 4 heteroatoms. The first-order valence-electron chi connectivity index (χ1n) is 7.46. The van der Waals surface area contributed by atoms with Gasteiger partial charge in [-0.1, -0.05) is 6.07 Å². The van der Waals surface area contributed by atoms with Crippen LogP contribution in [0.1, 0.15) is 48.0 Å². The van der Waals surface area contributed by atoms with Gasteiger partial charge in [0.25, 0.3) is 0 Å². The van der Waals surface area contributed by atoms with Crippen LogP contribution in [0, 0.1) is 27.7 Å². The van der Waals surface area contributed by atoms with Crippen LogP contribution < -0.4 is 5.32 Å². The van der Waals surface area contributed by atoms with Crippen LogP contribution in [0.15, 0.2) is 12.1 Å². The normalized spacial score (nSPS) is 12.5. The lowest BCUT2D eigenvalue weighted by atomic mass is 10.0. The third kappa shape index (κ3) is 2.75. The highest BCUT2D eigenvalue weighted by Gasteiger charge is 2.18. The number of rotatable bonds is 4. The van der Waals surface area contributed by atoms with Gasteiger partial charge in [0.2, 0.25) is 0 Å². The standard InChI is InChI=1S/C17H25N3O/c1-7-20-14(6)16(13(5)19-20)12(4)18-15-9-8-10(2)17(21)11(15)3/h8-9,12,18,21H,7H2,1-6H3. The maximum absolute atomic E-state index is 10.1. The van der Waals surface area contributed by atoms with Crippen molar-refractivity contribution in [3.8, 4) is 5.75 Å². The van der Waals surface area contributed by atoms with Crippen molar-refractivity contribution in [3.63, 3.8) is 0 Å². The highest BCUT2D eigenvalue weighted by Crippen LogP contribution is 2.31. The molecule has 1 aromatic carbocycles. The average molecular weight is 287 g/mol. The van der Waals surface area contributed by atoms with Crippen molar-refractivity contribution in [1.82, 2.24) is 9.78 Å². The molecule has 1 heterocycles. The first-order chi connectivity index (χ1) is 9.86. The molecule has 1 atom stereocenters. The summed E-state index contributed by atoms with van der Waals surface area (Å²) >= 11 is 0. The Labute approximate surface area is 126 Å². The topological polar surface area (TPSA) is 50.1 Å². The molecule has 0 radical (unpaired) electrons.